The first-order valence-electron chi connectivity index (χ1n) is 6.69. The van der Waals surface area contributed by atoms with Gasteiger partial charge in [0.15, 0.2) is 5.17 Å². The number of nitrogen functional groups attached to an aromatic ring is 1. The van der Waals surface area contributed by atoms with Crippen LogP contribution in [0, 0.1) is 0 Å². The number of thioether (sulfide) groups is 1. The Morgan fingerprint density at radius 2 is 1.95 bits per heavy atom. The zero-order valence-electron chi connectivity index (χ0n) is 12.0. The Balaban J connectivity index is 2.41. The first kappa shape index (κ1) is 14.7. The van der Waals surface area contributed by atoms with Crippen molar-refractivity contribution in [2.24, 2.45) is 4.99 Å². The van der Waals surface area contributed by atoms with Crippen molar-refractivity contribution in [3.8, 4) is 0 Å². The minimum atomic E-state index is 0.0408. The molecule has 0 unspecified atom stereocenters. The summed E-state index contributed by atoms with van der Waals surface area (Å²) >= 11 is 1.46. The molecular formula is C15H19N3OS. The van der Waals surface area contributed by atoms with Gasteiger partial charge in [-0.15, -0.1) is 0 Å². The van der Waals surface area contributed by atoms with Gasteiger partial charge in [-0.3, -0.25) is 14.7 Å². The Labute approximate surface area is 123 Å². The number of nitrogens with two attached hydrogens (primary N) is 1. The normalized spacial score (nSPS) is 19.9. The highest BCUT2D eigenvalue weighted by Gasteiger charge is 2.33. The molecule has 0 aromatic heterocycles. The Bertz CT molecular complexity index is 575. The molecule has 2 rings (SSSR count). The number of anilines is 1. The SMILES string of the molecule is CCN=C1S/C(=C(/C)c2ccc(N)cc2)C(=O)N1CC. The summed E-state index contributed by atoms with van der Waals surface area (Å²) in [6.45, 7) is 7.23. The lowest BCUT2D eigenvalue weighted by Crippen LogP contribution is -2.28. The van der Waals surface area contributed by atoms with E-state index in [-0.39, 0.29) is 5.91 Å². The van der Waals surface area contributed by atoms with Crippen LogP contribution in [0.1, 0.15) is 26.3 Å². The lowest BCUT2D eigenvalue weighted by atomic mass is 10.1. The molecule has 0 aliphatic carbocycles. The maximum Gasteiger partial charge on any atom is 0.266 e. The lowest BCUT2D eigenvalue weighted by molar-refractivity contribution is -0.122. The van der Waals surface area contributed by atoms with Crippen molar-refractivity contribution in [1.82, 2.24) is 4.90 Å². The Morgan fingerprint density at radius 1 is 1.30 bits per heavy atom. The van der Waals surface area contributed by atoms with E-state index in [0.717, 1.165) is 26.9 Å². The van der Waals surface area contributed by atoms with Gasteiger partial charge in [0.05, 0.1) is 4.91 Å². The number of hydrogen-bond acceptors (Lipinski definition) is 4. The van der Waals surface area contributed by atoms with E-state index in [4.69, 9.17) is 5.73 Å². The second-order valence-electron chi connectivity index (χ2n) is 4.48. The van der Waals surface area contributed by atoms with Crippen molar-refractivity contribution in [1.29, 1.82) is 0 Å². The summed E-state index contributed by atoms with van der Waals surface area (Å²) in [4.78, 5) is 19.3. The van der Waals surface area contributed by atoms with Gasteiger partial charge in [0.25, 0.3) is 5.91 Å². The highest BCUT2D eigenvalue weighted by atomic mass is 32.2. The summed E-state index contributed by atoms with van der Waals surface area (Å²) in [7, 11) is 0. The maximum atomic E-state index is 12.4. The van der Waals surface area contributed by atoms with Crippen LogP contribution in [-0.4, -0.2) is 29.1 Å². The predicted octanol–water partition coefficient (Wildman–Crippen LogP) is 2.97. The summed E-state index contributed by atoms with van der Waals surface area (Å²) in [6, 6.07) is 7.58. The minimum absolute atomic E-state index is 0.0408. The fourth-order valence-electron chi connectivity index (χ4n) is 2.03. The standard InChI is InChI=1S/C15H19N3OS/c1-4-17-15-18(5-2)14(19)13(20-15)10(3)11-6-8-12(16)9-7-11/h6-9H,4-5,16H2,1-3H3/b13-10-,17-15?. The van der Waals surface area contributed by atoms with Crippen molar-refractivity contribution in [3.63, 3.8) is 0 Å². The molecule has 1 saturated heterocycles. The van der Waals surface area contributed by atoms with Crippen LogP contribution in [0.25, 0.3) is 5.57 Å². The Kier molecular flexibility index (Phi) is 4.49. The first-order valence-corrected chi connectivity index (χ1v) is 7.51. The molecule has 0 radical (unpaired) electrons. The number of amides is 1. The summed E-state index contributed by atoms with van der Waals surface area (Å²) in [6.07, 6.45) is 0. The Morgan fingerprint density at radius 3 is 2.50 bits per heavy atom. The molecular weight excluding hydrogens is 270 g/mol. The number of nitrogens with zero attached hydrogens (tertiary/aromatic N) is 2. The van der Waals surface area contributed by atoms with E-state index < -0.39 is 0 Å². The topological polar surface area (TPSA) is 58.7 Å². The maximum absolute atomic E-state index is 12.4. The van der Waals surface area contributed by atoms with Crippen molar-refractivity contribution in [3.05, 3.63) is 34.7 Å². The van der Waals surface area contributed by atoms with Gasteiger partial charge in [-0.2, -0.15) is 0 Å². The van der Waals surface area contributed by atoms with E-state index in [1.807, 2.05) is 45.0 Å². The Hall–Kier alpha value is -1.75. The molecule has 1 aliphatic rings. The fraction of sp³-hybridized carbons (Fsp3) is 0.333. The molecule has 0 spiro atoms. The van der Waals surface area contributed by atoms with Gasteiger partial charge in [0, 0.05) is 18.8 Å². The number of amidine groups is 1. The van der Waals surface area contributed by atoms with Crippen LogP contribution in [0.2, 0.25) is 0 Å². The van der Waals surface area contributed by atoms with Gasteiger partial charge in [0.2, 0.25) is 0 Å². The molecule has 2 N–H and O–H groups in total. The van der Waals surface area contributed by atoms with Crippen LogP contribution in [-0.2, 0) is 4.79 Å². The first-order chi connectivity index (χ1) is 9.58. The monoisotopic (exact) mass is 289 g/mol. The number of benzene rings is 1. The zero-order valence-corrected chi connectivity index (χ0v) is 12.8. The van der Waals surface area contributed by atoms with Crippen LogP contribution in [0.3, 0.4) is 0 Å². The van der Waals surface area contributed by atoms with Crippen LogP contribution >= 0.6 is 11.8 Å². The third kappa shape index (κ3) is 2.72. The number of aliphatic imine (C=N–C) groups is 1. The molecule has 106 valence electrons. The van der Waals surface area contributed by atoms with E-state index >= 15 is 0 Å². The molecule has 1 amide bonds. The predicted molar refractivity (Wildman–Crippen MR) is 86.4 cm³/mol. The van der Waals surface area contributed by atoms with Crippen LogP contribution in [0.15, 0.2) is 34.2 Å². The van der Waals surface area contributed by atoms with Crippen LogP contribution in [0.4, 0.5) is 5.69 Å². The quantitative estimate of drug-likeness (QED) is 0.687. The average Bonchev–Trinajstić information content (AvgIpc) is 2.75. The second kappa shape index (κ2) is 6.13. The molecule has 5 heteroatoms. The fourth-order valence-corrected chi connectivity index (χ4v) is 3.20. The lowest BCUT2D eigenvalue weighted by Gasteiger charge is -2.11. The van der Waals surface area contributed by atoms with E-state index in [1.54, 1.807) is 4.90 Å². The molecule has 1 aromatic carbocycles. The molecule has 1 aromatic rings. The third-order valence-electron chi connectivity index (χ3n) is 3.16. The smallest absolute Gasteiger partial charge is 0.266 e. The van der Waals surface area contributed by atoms with E-state index in [9.17, 15) is 4.79 Å². The second-order valence-corrected chi connectivity index (χ2v) is 5.46. The van der Waals surface area contributed by atoms with E-state index in [0.29, 0.717) is 13.1 Å². The minimum Gasteiger partial charge on any atom is -0.399 e. The number of allylic oxidation sites excluding steroid dienone is 1. The van der Waals surface area contributed by atoms with Crippen LogP contribution in [0.5, 0.6) is 0 Å². The van der Waals surface area contributed by atoms with Gasteiger partial charge in [-0.1, -0.05) is 12.1 Å². The number of carbonyl (C=O) groups is 1. The van der Waals surface area contributed by atoms with E-state index in [2.05, 4.69) is 4.99 Å². The number of carbonyl (C=O) groups excluding carboxylic acids is 1. The van der Waals surface area contributed by atoms with Crippen molar-refractivity contribution >= 4 is 34.1 Å². The molecule has 0 bridgehead atoms. The van der Waals surface area contributed by atoms with Gasteiger partial charge < -0.3 is 5.73 Å². The molecule has 4 nitrogen and oxygen atoms in total. The molecule has 0 atom stereocenters. The summed E-state index contributed by atoms with van der Waals surface area (Å²) in [5, 5.41) is 0.796. The van der Waals surface area contributed by atoms with Gasteiger partial charge in [0.1, 0.15) is 0 Å². The number of rotatable bonds is 3. The summed E-state index contributed by atoms with van der Waals surface area (Å²) in [5.74, 6) is 0.0408. The van der Waals surface area contributed by atoms with Gasteiger partial charge >= 0.3 is 0 Å². The highest BCUT2D eigenvalue weighted by molar-refractivity contribution is 8.18. The summed E-state index contributed by atoms with van der Waals surface area (Å²) in [5.41, 5.74) is 8.41. The highest BCUT2D eigenvalue weighted by Crippen LogP contribution is 2.36. The van der Waals surface area contributed by atoms with Crippen molar-refractivity contribution in [2.75, 3.05) is 18.8 Å². The van der Waals surface area contributed by atoms with Crippen molar-refractivity contribution < 1.29 is 4.79 Å². The average molecular weight is 289 g/mol. The molecule has 20 heavy (non-hydrogen) atoms. The number of likely N-dealkylation sites (N-methyl/N-ethyl adjacent to an activating group) is 1. The molecule has 0 saturated carbocycles. The summed E-state index contributed by atoms with van der Waals surface area (Å²) < 4.78 is 0. The largest absolute Gasteiger partial charge is 0.399 e. The van der Waals surface area contributed by atoms with Gasteiger partial charge in [-0.25, -0.2) is 0 Å². The third-order valence-corrected chi connectivity index (χ3v) is 4.37. The zero-order chi connectivity index (χ0) is 14.7. The van der Waals surface area contributed by atoms with Crippen LogP contribution < -0.4 is 5.73 Å². The van der Waals surface area contributed by atoms with E-state index in [1.165, 1.54) is 11.8 Å². The molecule has 1 heterocycles. The van der Waals surface area contributed by atoms with Crippen molar-refractivity contribution in [2.45, 2.75) is 20.8 Å². The molecule has 1 fully saturated rings. The van der Waals surface area contributed by atoms with Gasteiger partial charge in [-0.05, 0) is 55.8 Å². The molecule has 1 aliphatic heterocycles. The number of hydrogen-bond donors (Lipinski definition) is 1.